The Bertz CT molecular complexity index is 571. The largest absolute Gasteiger partial charge is 0.299 e. The molecule has 0 aliphatic rings. The average molecular weight is 282 g/mol. The van der Waals surface area contributed by atoms with Gasteiger partial charge in [0.25, 0.3) is 0 Å². The van der Waals surface area contributed by atoms with Crippen molar-refractivity contribution in [2.75, 3.05) is 0 Å². The van der Waals surface area contributed by atoms with Crippen LogP contribution in [0.4, 0.5) is 0 Å². The van der Waals surface area contributed by atoms with Gasteiger partial charge in [0.2, 0.25) is 0 Å². The summed E-state index contributed by atoms with van der Waals surface area (Å²) < 4.78 is 0. The lowest BCUT2D eigenvalue weighted by Crippen LogP contribution is -2.02. The van der Waals surface area contributed by atoms with Gasteiger partial charge in [-0.1, -0.05) is 81.5 Å². The zero-order chi connectivity index (χ0) is 14.9. The Hall–Kier alpha value is -1.63. The van der Waals surface area contributed by atoms with Gasteiger partial charge >= 0.3 is 0 Å². The van der Waals surface area contributed by atoms with Gasteiger partial charge in [-0.3, -0.25) is 4.79 Å². The molecule has 0 unspecified atom stereocenters. The third kappa shape index (κ3) is 5.34. The van der Waals surface area contributed by atoms with Crippen molar-refractivity contribution in [1.29, 1.82) is 0 Å². The first-order chi connectivity index (χ1) is 10.3. The maximum Gasteiger partial charge on any atom is 0.137 e. The molecule has 0 bridgehead atoms. The molecule has 2 rings (SSSR count). The predicted molar refractivity (Wildman–Crippen MR) is 90.7 cm³/mol. The Morgan fingerprint density at radius 3 is 2.38 bits per heavy atom. The summed E-state index contributed by atoms with van der Waals surface area (Å²) in [6.07, 6.45) is 8.76. The summed E-state index contributed by atoms with van der Waals surface area (Å²) in [7, 11) is 0. The van der Waals surface area contributed by atoms with Crippen LogP contribution < -0.4 is 0 Å². The van der Waals surface area contributed by atoms with Crippen LogP contribution in [0.2, 0.25) is 0 Å². The lowest BCUT2D eigenvalue weighted by Gasteiger charge is -2.04. The molecule has 0 amide bonds. The lowest BCUT2D eigenvalue weighted by molar-refractivity contribution is -0.118. The Balaban J connectivity index is 1.76. The molecule has 1 nitrogen and oxygen atoms in total. The number of hydrogen-bond acceptors (Lipinski definition) is 1. The number of hydrogen-bond donors (Lipinski definition) is 0. The second-order valence-corrected chi connectivity index (χ2v) is 5.91. The van der Waals surface area contributed by atoms with Gasteiger partial charge in [0.15, 0.2) is 0 Å². The number of benzene rings is 2. The normalized spacial score (nSPS) is 10.9. The zero-order valence-electron chi connectivity index (χ0n) is 13.1. The second-order valence-electron chi connectivity index (χ2n) is 5.91. The molecule has 21 heavy (non-hydrogen) atoms. The molecule has 0 aromatic heterocycles. The summed E-state index contributed by atoms with van der Waals surface area (Å²) in [5.74, 6) is 0.376. The zero-order valence-corrected chi connectivity index (χ0v) is 13.1. The maximum absolute atomic E-state index is 12.0. The Morgan fingerprint density at radius 1 is 0.857 bits per heavy atom. The molecule has 1 heteroatoms. The summed E-state index contributed by atoms with van der Waals surface area (Å²) in [6.45, 7) is 2.23. The Kier molecular flexibility index (Phi) is 6.46. The average Bonchev–Trinajstić information content (AvgIpc) is 2.50. The number of rotatable bonds is 9. The minimum atomic E-state index is 0.376. The molecule has 0 radical (unpaired) electrons. The summed E-state index contributed by atoms with van der Waals surface area (Å²) in [5.41, 5.74) is 1.14. The molecule has 0 saturated carbocycles. The highest BCUT2D eigenvalue weighted by Gasteiger charge is 2.04. The molecular formula is C20H26O. The molecular weight excluding hydrogens is 256 g/mol. The van der Waals surface area contributed by atoms with Gasteiger partial charge in [0.1, 0.15) is 5.78 Å². The van der Waals surface area contributed by atoms with Crippen molar-refractivity contribution < 1.29 is 4.79 Å². The van der Waals surface area contributed by atoms with E-state index in [0.717, 1.165) is 18.4 Å². The van der Waals surface area contributed by atoms with E-state index in [1.54, 1.807) is 0 Å². The minimum absolute atomic E-state index is 0.376. The number of fused-ring (bicyclic) bond motifs is 1. The van der Waals surface area contributed by atoms with Gasteiger partial charge in [-0.25, -0.2) is 0 Å². The molecule has 0 heterocycles. The van der Waals surface area contributed by atoms with Crippen molar-refractivity contribution in [2.45, 2.75) is 58.3 Å². The molecule has 0 spiro atoms. The first kappa shape index (κ1) is 15.8. The number of carbonyl (C=O) groups excluding carboxylic acids is 1. The van der Waals surface area contributed by atoms with E-state index in [9.17, 15) is 4.79 Å². The van der Waals surface area contributed by atoms with Gasteiger partial charge < -0.3 is 0 Å². The summed E-state index contributed by atoms with van der Waals surface area (Å²) in [4.78, 5) is 12.0. The number of ketones is 1. The van der Waals surface area contributed by atoms with Gasteiger partial charge in [0.05, 0.1) is 0 Å². The van der Waals surface area contributed by atoms with Gasteiger partial charge in [-0.15, -0.1) is 0 Å². The van der Waals surface area contributed by atoms with E-state index < -0.39 is 0 Å². The van der Waals surface area contributed by atoms with Crippen LogP contribution in [0.15, 0.2) is 42.5 Å². The van der Waals surface area contributed by atoms with E-state index >= 15 is 0 Å². The monoisotopic (exact) mass is 282 g/mol. The molecule has 2 aromatic rings. The Labute approximate surface area is 128 Å². The quantitative estimate of drug-likeness (QED) is 0.539. The van der Waals surface area contributed by atoms with Crippen LogP contribution in [0.1, 0.15) is 57.4 Å². The lowest BCUT2D eigenvalue weighted by atomic mass is 10.0. The second kappa shape index (κ2) is 8.61. The third-order valence-corrected chi connectivity index (χ3v) is 4.02. The highest BCUT2D eigenvalue weighted by atomic mass is 16.1. The van der Waals surface area contributed by atoms with Crippen LogP contribution in [0.25, 0.3) is 10.8 Å². The van der Waals surface area contributed by atoms with Crippen molar-refractivity contribution in [2.24, 2.45) is 0 Å². The fourth-order valence-electron chi connectivity index (χ4n) is 2.77. The number of carbonyl (C=O) groups is 1. The van der Waals surface area contributed by atoms with E-state index in [-0.39, 0.29) is 0 Å². The third-order valence-electron chi connectivity index (χ3n) is 4.02. The van der Waals surface area contributed by atoms with Crippen LogP contribution in [0.5, 0.6) is 0 Å². The van der Waals surface area contributed by atoms with Crippen molar-refractivity contribution in [1.82, 2.24) is 0 Å². The van der Waals surface area contributed by atoms with Crippen molar-refractivity contribution >= 4 is 16.6 Å². The summed E-state index contributed by atoms with van der Waals surface area (Å²) in [5, 5.41) is 2.46. The molecule has 0 atom stereocenters. The highest BCUT2D eigenvalue weighted by Crippen LogP contribution is 2.17. The number of unbranched alkanes of at least 4 members (excludes halogenated alkanes) is 5. The van der Waals surface area contributed by atoms with E-state index in [2.05, 4.69) is 37.3 Å². The van der Waals surface area contributed by atoms with Crippen LogP contribution in [0.3, 0.4) is 0 Å². The van der Waals surface area contributed by atoms with Crippen LogP contribution in [0, 0.1) is 0 Å². The van der Waals surface area contributed by atoms with E-state index in [4.69, 9.17) is 0 Å². The van der Waals surface area contributed by atoms with Gasteiger partial charge in [-0.05, 0) is 22.8 Å². The molecule has 0 aliphatic carbocycles. The van der Waals surface area contributed by atoms with Crippen molar-refractivity contribution in [3.05, 3.63) is 48.0 Å². The maximum atomic E-state index is 12.0. The molecule has 2 aromatic carbocycles. The molecule has 0 N–H and O–H groups in total. The number of Topliss-reactive ketones (excluding diaryl/α,β-unsaturated/α-hetero) is 1. The van der Waals surface area contributed by atoms with Crippen molar-refractivity contribution in [3.8, 4) is 0 Å². The molecule has 112 valence electrons. The summed E-state index contributed by atoms with van der Waals surface area (Å²) in [6, 6.07) is 14.7. The minimum Gasteiger partial charge on any atom is -0.299 e. The van der Waals surface area contributed by atoms with Crippen LogP contribution in [-0.2, 0) is 11.2 Å². The Morgan fingerprint density at radius 2 is 1.57 bits per heavy atom. The molecule has 0 saturated heterocycles. The fourth-order valence-corrected chi connectivity index (χ4v) is 2.77. The predicted octanol–water partition coefficient (Wildman–Crippen LogP) is 5.70. The van der Waals surface area contributed by atoms with E-state index in [1.807, 2.05) is 12.1 Å². The molecule has 0 fully saturated rings. The van der Waals surface area contributed by atoms with Gasteiger partial charge in [-0.2, -0.15) is 0 Å². The topological polar surface area (TPSA) is 17.1 Å². The SMILES string of the molecule is CCCCCCCCC(=O)Cc1ccc2ccccc2c1. The first-order valence-corrected chi connectivity index (χ1v) is 8.29. The van der Waals surface area contributed by atoms with Gasteiger partial charge in [0, 0.05) is 12.8 Å². The molecule has 0 aliphatic heterocycles. The van der Waals surface area contributed by atoms with E-state index in [1.165, 1.54) is 42.9 Å². The standard InChI is InChI=1S/C20H26O/c1-2-3-4-5-6-7-12-20(21)16-17-13-14-18-10-8-9-11-19(18)15-17/h8-11,13-15H,2-7,12,16H2,1H3. The van der Waals surface area contributed by atoms with Crippen molar-refractivity contribution in [3.63, 3.8) is 0 Å². The van der Waals surface area contributed by atoms with E-state index in [0.29, 0.717) is 12.2 Å². The highest BCUT2D eigenvalue weighted by molar-refractivity contribution is 5.86. The van der Waals surface area contributed by atoms with Crippen LogP contribution >= 0.6 is 0 Å². The fraction of sp³-hybridized carbons (Fsp3) is 0.450. The first-order valence-electron chi connectivity index (χ1n) is 8.29. The van der Waals surface area contributed by atoms with Crippen LogP contribution in [-0.4, -0.2) is 5.78 Å². The smallest absolute Gasteiger partial charge is 0.137 e. The summed E-state index contributed by atoms with van der Waals surface area (Å²) >= 11 is 0.